The van der Waals surface area contributed by atoms with Crippen LogP contribution in [0.15, 0.2) is 39.6 Å². The molecule has 30 heavy (non-hydrogen) atoms. The van der Waals surface area contributed by atoms with Gasteiger partial charge in [0.25, 0.3) is 5.56 Å². The number of unbranched alkanes of at least 4 members (excludes halogenated alkanes) is 1. The molecule has 0 bridgehead atoms. The summed E-state index contributed by atoms with van der Waals surface area (Å²) in [5.74, 6) is -0.629. The van der Waals surface area contributed by atoms with Gasteiger partial charge >= 0.3 is 6.18 Å². The first-order valence-corrected chi connectivity index (χ1v) is 11.2. The third-order valence-corrected chi connectivity index (χ3v) is 6.35. The fourth-order valence-electron chi connectivity index (χ4n) is 2.69. The maximum absolute atomic E-state index is 13.0. The first-order valence-electron chi connectivity index (χ1n) is 8.98. The maximum Gasteiger partial charge on any atom is 0.417 e. The van der Waals surface area contributed by atoms with Gasteiger partial charge in [-0.2, -0.15) is 13.2 Å². The minimum Gasteiger partial charge on any atom is -0.325 e. The van der Waals surface area contributed by atoms with E-state index in [1.807, 2.05) is 6.92 Å². The van der Waals surface area contributed by atoms with Crippen LogP contribution in [0.25, 0.3) is 10.2 Å². The van der Waals surface area contributed by atoms with E-state index in [9.17, 15) is 22.8 Å². The summed E-state index contributed by atoms with van der Waals surface area (Å²) in [6.45, 7) is 2.48. The third-order valence-electron chi connectivity index (χ3n) is 4.15. The Kier molecular flexibility index (Phi) is 7.10. The zero-order valence-corrected chi connectivity index (χ0v) is 18.1. The standard InChI is InChI=1S/C19H17ClF3N3O2S2/c1-2-3-7-26-17(28)16-14(6-8-29-16)25-18(26)30-10-15(27)24-11-4-5-13(20)12(9-11)19(21,22)23/h4-6,8-9H,2-3,7,10H2,1H3,(H,24,27). The summed E-state index contributed by atoms with van der Waals surface area (Å²) in [7, 11) is 0. The van der Waals surface area contributed by atoms with E-state index in [4.69, 9.17) is 11.6 Å². The van der Waals surface area contributed by atoms with Gasteiger partial charge in [-0.1, -0.05) is 36.7 Å². The molecule has 2 heterocycles. The van der Waals surface area contributed by atoms with Gasteiger partial charge < -0.3 is 5.32 Å². The zero-order valence-electron chi connectivity index (χ0n) is 15.8. The van der Waals surface area contributed by atoms with Crippen LogP contribution in [0.3, 0.4) is 0 Å². The molecule has 0 aliphatic carbocycles. The number of aromatic nitrogens is 2. The van der Waals surface area contributed by atoms with Crippen LogP contribution >= 0.6 is 34.7 Å². The van der Waals surface area contributed by atoms with Crippen molar-refractivity contribution in [2.24, 2.45) is 0 Å². The Balaban J connectivity index is 1.76. The highest BCUT2D eigenvalue weighted by Gasteiger charge is 2.33. The number of carbonyl (C=O) groups excluding carboxylic acids is 1. The van der Waals surface area contributed by atoms with Gasteiger partial charge in [0, 0.05) is 12.2 Å². The van der Waals surface area contributed by atoms with Gasteiger partial charge in [-0.3, -0.25) is 14.2 Å². The number of halogens is 4. The molecule has 3 rings (SSSR count). The van der Waals surface area contributed by atoms with Crippen molar-refractivity contribution >= 4 is 56.5 Å². The average molecular weight is 476 g/mol. The topological polar surface area (TPSA) is 64.0 Å². The van der Waals surface area contributed by atoms with E-state index in [2.05, 4.69) is 10.3 Å². The third kappa shape index (κ3) is 5.16. The lowest BCUT2D eigenvalue weighted by molar-refractivity contribution is -0.137. The lowest BCUT2D eigenvalue weighted by atomic mass is 10.2. The zero-order chi connectivity index (χ0) is 21.9. The van der Waals surface area contributed by atoms with Crippen molar-refractivity contribution in [2.45, 2.75) is 37.6 Å². The minimum absolute atomic E-state index is 0.0121. The number of fused-ring (bicyclic) bond motifs is 1. The summed E-state index contributed by atoms with van der Waals surface area (Å²) >= 11 is 7.97. The molecular formula is C19H17ClF3N3O2S2. The number of thioether (sulfide) groups is 1. The monoisotopic (exact) mass is 475 g/mol. The smallest absolute Gasteiger partial charge is 0.325 e. The molecule has 0 aliphatic rings. The fourth-order valence-corrected chi connectivity index (χ4v) is 4.52. The van der Waals surface area contributed by atoms with Crippen LogP contribution in [-0.4, -0.2) is 21.2 Å². The van der Waals surface area contributed by atoms with Crippen molar-refractivity contribution in [3.63, 3.8) is 0 Å². The van der Waals surface area contributed by atoms with E-state index in [-0.39, 0.29) is 17.0 Å². The Hall–Kier alpha value is -2.04. The van der Waals surface area contributed by atoms with E-state index in [1.54, 1.807) is 16.0 Å². The number of nitrogens with one attached hydrogen (secondary N) is 1. The summed E-state index contributed by atoms with van der Waals surface area (Å²) in [6.07, 6.45) is -2.96. The number of amides is 1. The summed E-state index contributed by atoms with van der Waals surface area (Å²) in [4.78, 5) is 29.5. The minimum atomic E-state index is -4.62. The lowest BCUT2D eigenvalue weighted by Crippen LogP contribution is -2.23. The lowest BCUT2D eigenvalue weighted by Gasteiger charge is -2.13. The van der Waals surface area contributed by atoms with Gasteiger partial charge in [-0.05, 0) is 36.1 Å². The van der Waals surface area contributed by atoms with Crippen molar-refractivity contribution in [3.05, 3.63) is 50.6 Å². The Morgan fingerprint density at radius 2 is 2.10 bits per heavy atom. The Bertz CT molecular complexity index is 1130. The molecule has 5 nitrogen and oxygen atoms in total. The molecule has 1 amide bonds. The predicted molar refractivity (Wildman–Crippen MR) is 115 cm³/mol. The molecule has 0 atom stereocenters. The average Bonchev–Trinajstić information content (AvgIpc) is 3.15. The van der Waals surface area contributed by atoms with Gasteiger partial charge in [0.15, 0.2) is 5.16 Å². The normalized spacial score (nSPS) is 11.8. The molecule has 1 N–H and O–H groups in total. The molecule has 1 aromatic carbocycles. The van der Waals surface area contributed by atoms with Gasteiger partial charge in [-0.15, -0.1) is 11.3 Å². The van der Waals surface area contributed by atoms with E-state index >= 15 is 0 Å². The van der Waals surface area contributed by atoms with Crippen LogP contribution in [0.1, 0.15) is 25.3 Å². The first kappa shape index (κ1) is 22.6. The highest BCUT2D eigenvalue weighted by atomic mass is 35.5. The van der Waals surface area contributed by atoms with Crippen LogP contribution in [-0.2, 0) is 17.5 Å². The number of rotatable bonds is 7. The van der Waals surface area contributed by atoms with Crippen molar-refractivity contribution in [2.75, 3.05) is 11.1 Å². The number of nitrogens with zero attached hydrogens (tertiary/aromatic N) is 2. The highest BCUT2D eigenvalue weighted by Crippen LogP contribution is 2.36. The second kappa shape index (κ2) is 9.40. The molecule has 2 aromatic heterocycles. The Labute approximate surface area is 183 Å². The van der Waals surface area contributed by atoms with E-state index in [0.29, 0.717) is 21.9 Å². The summed E-state index contributed by atoms with van der Waals surface area (Å²) in [6, 6.07) is 4.91. The van der Waals surface area contributed by atoms with Crippen LogP contribution in [0.5, 0.6) is 0 Å². The van der Waals surface area contributed by atoms with E-state index in [1.165, 1.54) is 17.4 Å². The van der Waals surface area contributed by atoms with Gasteiger partial charge in [-0.25, -0.2) is 4.98 Å². The van der Waals surface area contributed by atoms with Crippen molar-refractivity contribution < 1.29 is 18.0 Å². The fraction of sp³-hybridized carbons (Fsp3) is 0.316. The molecule has 3 aromatic rings. The number of alkyl halides is 3. The van der Waals surface area contributed by atoms with Crippen LogP contribution < -0.4 is 10.9 Å². The molecule has 0 fully saturated rings. The van der Waals surface area contributed by atoms with Crippen molar-refractivity contribution in [3.8, 4) is 0 Å². The quantitative estimate of drug-likeness (QED) is 0.353. The summed E-state index contributed by atoms with van der Waals surface area (Å²) in [5, 5.41) is 4.17. The van der Waals surface area contributed by atoms with Gasteiger partial charge in [0.2, 0.25) is 5.91 Å². The number of thiophene rings is 1. The summed E-state index contributed by atoms with van der Waals surface area (Å²) < 4.78 is 41.0. The SMILES string of the molecule is CCCCn1c(SCC(=O)Nc2ccc(Cl)c(C(F)(F)F)c2)nc2ccsc2c1=O. The second-order valence-corrected chi connectivity index (χ2v) is 8.63. The maximum atomic E-state index is 13.0. The Morgan fingerprint density at radius 3 is 2.80 bits per heavy atom. The number of anilines is 1. The molecular weight excluding hydrogens is 459 g/mol. The largest absolute Gasteiger partial charge is 0.417 e. The van der Waals surface area contributed by atoms with E-state index in [0.717, 1.165) is 36.7 Å². The first-order chi connectivity index (χ1) is 14.2. The number of carbonyl (C=O) groups is 1. The molecule has 0 aliphatic heterocycles. The predicted octanol–water partition coefficient (Wildman–Crippen LogP) is 5.66. The molecule has 160 valence electrons. The molecule has 0 saturated heterocycles. The number of hydrogen-bond donors (Lipinski definition) is 1. The van der Waals surface area contributed by atoms with E-state index < -0.39 is 22.7 Å². The van der Waals surface area contributed by atoms with Crippen molar-refractivity contribution in [1.29, 1.82) is 0 Å². The molecule has 0 unspecified atom stereocenters. The van der Waals surface area contributed by atoms with Crippen LogP contribution in [0.4, 0.5) is 18.9 Å². The molecule has 0 saturated carbocycles. The second-order valence-electron chi connectivity index (χ2n) is 6.37. The number of benzene rings is 1. The van der Waals surface area contributed by atoms with Crippen molar-refractivity contribution in [1.82, 2.24) is 9.55 Å². The summed E-state index contributed by atoms with van der Waals surface area (Å²) in [5.41, 5.74) is -0.624. The Morgan fingerprint density at radius 1 is 1.33 bits per heavy atom. The highest BCUT2D eigenvalue weighted by molar-refractivity contribution is 7.99. The number of hydrogen-bond acceptors (Lipinski definition) is 5. The molecule has 0 spiro atoms. The van der Waals surface area contributed by atoms with Gasteiger partial charge in [0.05, 0.1) is 21.9 Å². The molecule has 11 heteroatoms. The van der Waals surface area contributed by atoms with Gasteiger partial charge in [0.1, 0.15) is 4.70 Å². The molecule has 0 radical (unpaired) electrons. The van der Waals surface area contributed by atoms with Crippen LogP contribution in [0.2, 0.25) is 5.02 Å². The van der Waals surface area contributed by atoms with Crippen LogP contribution in [0, 0.1) is 0 Å².